The first kappa shape index (κ1) is 8.38. The van der Waals surface area contributed by atoms with Crippen LogP contribution in [-0.4, -0.2) is 4.98 Å². The van der Waals surface area contributed by atoms with Gasteiger partial charge in [0.2, 0.25) is 0 Å². The van der Waals surface area contributed by atoms with Gasteiger partial charge in [0.05, 0.1) is 6.20 Å². The molecule has 0 saturated carbocycles. The number of aryl methyl sites for hydroxylation is 1. The van der Waals surface area contributed by atoms with Gasteiger partial charge in [-0.05, 0) is 6.92 Å². The molecule has 0 spiro atoms. The van der Waals surface area contributed by atoms with Gasteiger partial charge >= 0.3 is 0 Å². The van der Waals surface area contributed by atoms with E-state index in [-0.39, 0.29) is 5.13 Å². The molecule has 0 aliphatic carbocycles. The van der Waals surface area contributed by atoms with E-state index in [4.69, 9.17) is 0 Å². The SMILES string of the molecule is Cc1ccc(-c2ncc(F)s2)cc1. The Balaban J connectivity index is 2.41. The van der Waals surface area contributed by atoms with E-state index in [0.717, 1.165) is 21.9 Å². The lowest BCUT2D eigenvalue weighted by molar-refractivity contribution is 0.653. The van der Waals surface area contributed by atoms with Gasteiger partial charge in [0.15, 0.2) is 5.13 Å². The van der Waals surface area contributed by atoms with Crippen LogP contribution in [0.25, 0.3) is 10.6 Å². The number of hydrogen-bond acceptors (Lipinski definition) is 2. The zero-order valence-electron chi connectivity index (χ0n) is 7.12. The van der Waals surface area contributed by atoms with Crippen LogP contribution in [0.15, 0.2) is 30.5 Å². The van der Waals surface area contributed by atoms with Crippen LogP contribution in [0.4, 0.5) is 4.39 Å². The summed E-state index contributed by atoms with van der Waals surface area (Å²) in [4.78, 5) is 3.96. The molecule has 1 aromatic heterocycles. The molecule has 0 amide bonds. The molecule has 13 heavy (non-hydrogen) atoms. The molecule has 2 rings (SSSR count). The van der Waals surface area contributed by atoms with E-state index in [9.17, 15) is 4.39 Å². The third-order valence-electron chi connectivity index (χ3n) is 1.78. The van der Waals surface area contributed by atoms with Crippen molar-refractivity contribution < 1.29 is 4.39 Å². The van der Waals surface area contributed by atoms with E-state index in [1.54, 1.807) is 0 Å². The fourth-order valence-electron chi connectivity index (χ4n) is 1.08. The first-order chi connectivity index (χ1) is 6.25. The monoisotopic (exact) mass is 193 g/mol. The number of thiazole rings is 1. The van der Waals surface area contributed by atoms with Gasteiger partial charge in [0.1, 0.15) is 5.01 Å². The molecule has 1 nitrogen and oxygen atoms in total. The maximum Gasteiger partial charge on any atom is 0.196 e. The van der Waals surface area contributed by atoms with Crippen LogP contribution in [0, 0.1) is 12.1 Å². The molecule has 0 atom stereocenters. The fourth-order valence-corrected chi connectivity index (χ4v) is 1.73. The second kappa shape index (κ2) is 3.26. The molecular weight excluding hydrogens is 185 g/mol. The van der Waals surface area contributed by atoms with E-state index in [0.29, 0.717) is 0 Å². The highest BCUT2D eigenvalue weighted by Gasteiger charge is 2.02. The normalized spacial score (nSPS) is 10.3. The smallest absolute Gasteiger partial charge is 0.196 e. The Morgan fingerprint density at radius 2 is 1.92 bits per heavy atom. The third kappa shape index (κ3) is 1.75. The van der Waals surface area contributed by atoms with E-state index >= 15 is 0 Å². The van der Waals surface area contributed by atoms with E-state index in [1.165, 1.54) is 11.8 Å². The molecule has 0 N–H and O–H groups in total. The summed E-state index contributed by atoms with van der Waals surface area (Å²) >= 11 is 1.07. The van der Waals surface area contributed by atoms with Crippen LogP contribution in [-0.2, 0) is 0 Å². The molecule has 0 aliphatic rings. The minimum Gasteiger partial charge on any atom is -0.241 e. The van der Waals surface area contributed by atoms with Crippen molar-refractivity contribution in [2.45, 2.75) is 6.92 Å². The predicted molar refractivity (Wildman–Crippen MR) is 52.2 cm³/mol. The molecule has 0 fully saturated rings. The van der Waals surface area contributed by atoms with Crippen molar-refractivity contribution in [3.8, 4) is 10.6 Å². The quantitative estimate of drug-likeness (QED) is 0.677. The van der Waals surface area contributed by atoms with Crippen LogP contribution >= 0.6 is 11.3 Å². The average Bonchev–Trinajstić information content (AvgIpc) is 2.53. The zero-order valence-corrected chi connectivity index (χ0v) is 7.94. The Morgan fingerprint density at radius 1 is 1.23 bits per heavy atom. The molecule has 0 saturated heterocycles. The number of benzene rings is 1. The maximum atomic E-state index is 12.6. The van der Waals surface area contributed by atoms with Gasteiger partial charge in [-0.2, -0.15) is 4.39 Å². The highest BCUT2D eigenvalue weighted by molar-refractivity contribution is 7.13. The fraction of sp³-hybridized carbons (Fsp3) is 0.100. The molecule has 2 aromatic rings. The second-order valence-electron chi connectivity index (χ2n) is 2.84. The van der Waals surface area contributed by atoms with Gasteiger partial charge in [-0.3, -0.25) is 0 Å². The molecule has 1 aromatic carbocycles. The van der Waals surface area contributed by atoms with Crippen LogP contribution < -0.4 is 0 Å². The Morgan fingerprint density at radius 3 is 2.46 bits per heavy atom. The Bertz CT molecular complexity index is 405. The lowest BCUT2D eigenvalue weighted by Gasteiger charge is -1.95. The van der Waals surface area contributed by atoms with Crippen molar-refractivity contribution in [1.82, 2.24) is 4.98 Å². The van der Waals surface area contributed by atoms with Gasteiger partial charge in [-0.25, -0.2) is 4.98 Å². The van der Waals surface area contributed by atoms with E-state index in [1.807, 2.05) is 31.2 Å². The molecule has 0 aliphatic heterocycles. The summed E-state index contributed by atoms with van der Waals surface area (Å²) in [7, 11) is 0. The number of halogens is 1. The summed E-state index contributed by atoms with van der Waals surface area (Å²) in [5.74, 6) is 0. The summed E-state index contributed by atoms with van der Waals surface area (Å²) in [6.45, 7) is 2.02. The first-order valence-electron chi connectivity index (χ1n) is 3.94. The summed E-state index contributed by atoms with van der Waals surface area (Å²) in [6, 6.07) is 7.89. The number of hydrogen-bond donors (Lipinski definition) is 0. The molecule has 0 radical (unpaired) electrons. The summed E-state index contributed by atoms with van der Waals surface area (Å²) in [5.41, 5.74) is 2.17. The number of aromatic nitrogens is 1. The van der Waals surface area contributed by atoms with Gasteiger partial charge < -0.3 is 0 Å². The van der Waals surface area contributed by atoms with Crippen LogP contribution in [0.3, 0.4) is 0 Å². The summed E-state index contributed by atoms with van der Waals surface area (Å²) in [6.07, 6.45) is 1.25. The standard InChI is InChI=1S/C10H8FNS/c1-7-2-4-8(5-3-7)10-12-6-9(11)13-10/h2-6H,1H3. The van der Waals surface area contributed by atoms with Gasteiger partial charge in [0, 0.05) is 5.56 Å². The first-order valence-corrected chi connectivity index (χ1v) is 4.76. The van der Waals surface area contributed by atoms with Crippen molar-refractivity contribution in [2.24, 2.45) is 0 Å². The maximum absolute atomic E-state index is 12.6. The van der Waals surface area contributed by atoms with Gasteiger partial charge in [0.25, 0.3) is 0 Å². The van der Waals surface area contributed by atoms with Crippen LogP contribution in [0.2, 0.25) is 0 Å². The average molecular weight is 193 g/mol. The Kier molecular flexibility index (Phi) is 2.10. The van der Waals surface area contributed by atoms with Crippen molar-refractivity contribution in [1.29, 1.82) is 0 Å². The third-order valence-corrected chi connectivity index (χ3v) is 2.61. The molecule has 0 bridgehead atoms. The predicted octanol–water partition coefficient (Wildman–Crippen LogP) is 3.26. The molecular formula is C10H8FNS. The largest absolute Gasteiger partial charge is 0.241 e. The number of nitrogens with zero attached hydrogens (tertiary/aromatic N) is 1. The van der Waals surface area contributed by atoms with E-state index < -0.39 is 0 Å². The lowest BCUT2D eigenvalue weighted by Crippen LogP contribution is -1.75. The highest BCUT2D eigenvalue weighted by Crippen LogP contribution is 2.23. The Labute approximate surface area is 79.9 Å². The molecule has 3 heteroatoms. The minimum atomic E-state index is -0.240. The highest BCUT2D eigenvalue weighted by atomic mass is 32.1. The van der Waals surface area contributed by atoms with Crippen molar-refractivity contribution in [3.63, 3.8) is 0 Å². The number of rotatable bonds is 1. The zero-order chi connectivity index (χ0) is 9.26. The summed E-state index contributed by atoms with van der Waals surface area (Å²) in [5, 5.41) is 0.494. The van der Waals surface area contributed by atoms with Crippen molar-refractivity contribution in [3.05, 3.63) is 41.2 Å². The Hall–Kier alpha value is -1.22. The molecule has 66 valence electrons. The second-order valence-corrected chi connectivity index (χ2v) is 3.82. The van der Waals surface area contributed by atoms with Crippen LogP contribution in [0.5, 0.6) is 0 Å². The minimum absolute atomic E-state index is 0.240. The summed E-state index contributed by atoms with van der Waals surface area (Å²) < 4.78 is 12.6. The molecule has 1 heterocycles. The van der Waals surface area contributed by atoms with Gasteiger partial charge in [-0.1, -0.05) is 41.2 Å². The van der Waals surface area contributed by atoms with E-state index in [2.05, 4.69) is 4.98 Å². The van der Waals surface area contributed by atoms with Crippen molar-refractivity contribution >= 4 is 11.3 Å². The lowest BCUT2D eigenvalue weighted by atomic mass is 10.2. The topological polar surface area (TPSA) is 12.9 Å². The van der Waals surface area contributed by atoms with Gasteiger partial charge in [-0.15, -0.1) is 0 Å². The van der Waals surface area contributed by atoms with Crippen molar-refractivity contribution in [2.75, 3.05) is 0 Å². The molecule has 0 unspecified atom stereocenters. The van der Waals surface area contributed by atoms with Crippen LogP contribution in [0.1, 0.15) is 5.56 Å².